The molecule has 1 saturated carbocycles. The lowest BCUT2D eigenvalue weighted by Gasteiger charge is -2.27. The normalized spacial score (nSPS) is 16.1. The number of nitrogens with one attached hydrogen (secondary N) is 1. The molecule has 5 rings (SSSR count). The molecule has 0 spiro atoms. The van der Waals surface area contributed by atoms with Crippen molar-refractivity contribution in [3.8, 4) is 0 Å². The van der Waals surface area contributed by atoms with E-state index in [1.807, 2.05) is 7.05 Å². The molecule has 0 bridgehead atoms. The highest BCUT2D eigenvalue weighted by molar-refractivity contribution is 5.94. The number of carbonyl (C=O) groups is 2. The molecule has 1 aliphatic heterocycles. The highest BCUT2D eigenvalue weighted by Gasteiger charge is 2.33. The lowest BCUT2D eigenvalue weighted by atomic mass is 10.1. The minimum absolute atomic E-state index is 0.00855. The van der Waals surface area contributed by atoms with Crippen molar-refractivity contribution >= 4 is 28.7 Å². The Balaban J connectivity index is 1.37. The third-order valence-electron chi connectivity index (χ3n) is 5.65. The van der Waals surface area contributed by atoms with Crippen molar-refractivity contribution in [1.29, 1.82) is 0 Å². The molecule has 0 atom stereocenters. The second-order valence-corrected chi connectivity index (χ2v) is 7.65. The Morgan fingerprint density at radius 2 is 2.07 bits per heavy atom. The number of hydrogen-bond donors (Lipinski definition) is 1. The zero-order chi connectivity index (χ0) is 20.1. The van der Waals surface area contributed by atoms with Gasteiger partial charge in [0.05, 0.1) is 12.1 Å². The highest BCUT2D eigenvalue weighted by Crippen LogP contribution is 2.32. The molecule has 9 nitrogen and oxygen atoms in total. The van der Waals surface area contributed by atoms with Crippen molar-refractivity contribution in [2.75, 3.05) is 11.9 Å². The van der Waals surface area contributed by atoms with Crippen LogP contribution in [-0.2, 0) is 36.1 Å². The molecule has 2 amide bonds. The van der Waals surface area contributed by atoms with Gasteiger partial charge in [-0.05, 0) is 25.0 Å². The first-order valence-electron chi connectivity index (χ1n) is 9.73. The zero-order valence-corrected chi connectivity index (χ0v) is 16.1. The van der Waals surface area contributed by atoms with E-state index in [0.29, 0.717) is 36.4 Å². The van der Waals surface area contributed by atoms with Gasteiger partial charge in [-0.2, -0.15) is 5.10 Å². The Kier molecular flexibility index (Phi) is 4.04. The van der Waals surface area contributed by atoms with Crippen molar-refractivity contribution in [3.63, 3.8) is 0 Å². The summed E-state index contributed by atoms with van der Waals surface area (Å²) >= 11 is 0. The van der Waals surface area contributed by atoms with E-state index >= 15 is 0 Å². The number of hydrogen-bond acceptors (Lipinski definition) is 5. The van der Waals surface area contributed by atoms with Crippen molar-refractivity contribution < 1.29 is 14.0 Å². The van der Waals surface area contributed by atoms with Crippen molar-refractivity contribution in [3.05, 3.63) is 46.1 Å². The van der Waals surface area contributed by atoms with Gasteiger partial charge in [0.15, 0.2) is 11.4 Å². The molecule has 150 valence electrons. The van der Waals surface area contributed by atoms with Crippen LogP contribution in [-0.4, -0.2) is 37.6 Å². The van der Waals surface area contributed by atoms with Crippen LogP contribution in [0.5, 0.6) is 0 Å². The molecule has 1 fully saturated rings. The molecule has 1 aromatic carbocycles. The van der Waals surface area contributed by atoms with Crippen molar-refractivity contribution in [2.45, 2.75) is 32.4 Å². The predicted octanol–water partition coefficient (Wildman–Crippen LogP) is 1.26. The fraction of sp³-hybridized carbons (Fsp3) is 0.400. The van der Waals surface area contributed by atoms with Gasteiger partial charge in [0, 0.05) is 37.2 Å². The van der Waals surface area contributed by atoms with E-state index < -0.39 is 5.76 Å². The highest BCUT2D eigenvalue weighted by atomic mass is 16.4. The van der Waals surface area contributed by atoms with Crippen LogP contribution in [0.25, 0.3) is 11.1 Å². The Labute approximate surface area is 165 Å². The average molecular weight is 395 g/mol. The Morgan fingerprint density at radius 3 is 2.86 bits per heavy atom. The second-order valence-electron chi connectivity index (χ2n) is 7.65. The maximum Gasteiger partial charge on any atom is 0.420 e. The molecule has 3 aromatic rings. The smallest absolute Gasteiger partial charge is 0.408 e. The fourth-order valence-corrected chi connectivity index (χ4v) is 3.87. The Morgan fingerprint density at radius 1 is 1.28 bits per heavy atom. The first-order valence-corrected chi connectivity index (χ1v) is 9.73. The van der Waals surface area contributed by atoms with Gasteiger partial charge >= 0.3 is 5.76 Å². The van der Waals surface area contributed by atoms with Gasteiger partial charge in [-0.3, -0.25) is 18.8 Å². The molecule has 2 aliphatic rings. The van der Waals surface area contributed by atoms with Crippen LogP contribution in [0.15, 0.2) is 33.5 Å². The molecule has 29 heavy (non-hydrogen) atoms. The van der Waals surface area contributed by atoms with Gasteiger partial charge in [-0.1, -0.05) is 12.1 Å². The van der Waals surface area contributed by atoms with Crippen LogP contribution < -0.4 is 11.1 Å². The van der Waals surface area contributed by atoms with Crippen LogP contribution in [0.1, 0.15) is 24.1 Å². The number of carbonyl (C=O) groups excluding carboxylic acids is 2. The molecule has 1 N–H and O–H groups in total. The summed E-state index contributed by atoms with van der Waals surface area (Å²) in [6.07, 6.45) is 2.47. The van der Waals surface area contributed by atoms with Crippen LogP contribution in [0.3, 0.4) is 0 Å². The number of anilines is 1. The SMILES string of the molecule is Cn1nc(NC(=O)C2CC2)c2c1CCN(C(=O)Cn1c(=O)oc3ccccc31)C2. The number of rotatable bonds is 4. The van der Waals surface area contributed by atoms with E-state index in [4.69, 9.17) is 4.42 Å². The molecular formula is C20H21N5O4. The fourth-order valence-electron chi connectivity index (χ4n) is 3.87. The van der Waals surface area contributed by atoms with Crippen LogP contribution in [0, 0.1) is 5.92 Å². The molecule has 9 heteroatoms. The number of amides is 2. The summed E-state index contributed by atoms with van der Waals surface area (Å²) in [5.74, 6) is -0.118. The number of oxazole rings is 1. The van der Waals surface area contributed by atoms with Crippen LogP contribution in [0.2, 0.25) is 0 Å². The Hall–Kier alpha value is -3.36. The largest absolute Gasteiger partial charge is 0.420 e. The average Bonchev–Trinajstić information content (AvgIpc) is 3.46. The number of fused-ring (bicyclic) bond motifs is 2. The zero-order valence-electron chi connectivity index (χ0n) is 16.1. The lowest BCUT2D eigenvalue weighted by Crippen LogP contribution is -2.39. The van der Waals surface area contributed by atoms with Crippen LogP contribution in [0.4, 0.5) is 5.82 Å². The molecule has 1 aliphatic carbocycles. The summed E-state index contributed by atoms with van der Waals surface area (Å²) in [5.41, 5.74) is 2.95. The molecule has 3 heterocycles. The maximum atomic E-state index is 12.9. The molecular weight excluding hydrogens is 374 g/mol. The van der Waals surface area contributed by atoms with Gasteiger partial charge < -0.3 is 14.6 Å². The molecule has 2 aromatic heterocycles. The monoisotopic (exact) mass is 395 g/mol. The van der Waals surface area contributed by atoms with Gasteiger partial charge in [0.25, 0.3) is 0 Å². The third kappa shape index (κ3) is 3.12. The number of aryl methyl sites for hydroxylation is 1. The molecule has 0 radical (unpaired) electrons. The van der Waals surface area contributed by atoms with E-state index in [-0.39, 0.29) is 24.3 Å². The van der Waals surface area contributed by atoms with E-state index in [9.17, 15) is 14.4 Å². The summed E-state index contributed by atoms with van der Waals surface area (Å²) in [6, 6.07) is 7.04. The first-order chi connectivity index (χ1) is 14.0. The van der Waals surface area contributed by atoms with Gasteiger partial charge in [-0.15, -0.1) is 0 Å². The lowest BCUT2D eigenvalue weighted by molar-refractivity contribution is -0.132. The van der Waals surface area contributed by atoms with Gasteiger partial charge in [0.1, 0.15) is 6.54 Å². The summed E-state index contributed by atoms with van der Waals surface area (Å²) in [5, 5.41) is 7.36. The van der Waals surface area contributed by atoms with Gasteiger partial charge in [-0.25, -0.2) is 4.79 Å². The maximum absolute atomic E-state index is 12.9. The summed E-state index contributed by atoms with van der Waals surface area (Å²) in [6.45, 7) is 0.800. The van der Waals surface area contributed by atoms with Crippen molar-refractivity contribution in [2.24, 2.45) is 13.0 Å². The van der Waals surface area contributed by atoms with Gasteiger partial charge in [0.2, 0.25) is 11.8 Å². The molecule has 0 saturated heterocycles. The quantitative estimate of drug-likeness (QED) is 0.717. The minimum Gasteiger partial charge on any atom is -0.408 e. The predicted molar refractivity (Wildman–Crippen MR) is 104 cm³/mol. The minimum atomic E-state index is -0.545. The summed E-state index contributed by atoms with van der Waals surface area (Å²) in [7, 11) is 1.85. The topological polar surface area (TPSA) is 102 Å². The Bertz CT molecular complexity index is 1180. The number of benzene rings is 1. The van der Waals surface area contributed by atoms with Crippen molar-refractivity contribution in [1.82, 2.24) is 19.2 Å². The molecule has 0 unspecified atom stereocenters. The third-order valence-corrected chi connectivity index (χ3v) is 5.65. The summed E-state index contributed by atoms with van der Waals surface area (Å²) < 4.78 is 8.34. The van der Waals surface area contributed by atoms with E-state index in [1.54, 1.807) is 33.8 Å². The number of nitrogens with zero attached hydrogens (tertiary/aromatic N) is 4. The standard InChI is InChI=1S/C20H21N5O4/c1-23-14-8-9-24(10-13(14)18(22-23)21-19(27)12-6-7-12)17(26)11-25-15-4-2-3-5-16(15)29-20(25)28/h2-5,12H,6-11H2,1H3,(H,21,22,27). The van der Waals surface area contributed by atoms with E-state index in [1.165, 1.54) is 4.57 Å². The van der Waals surface area contributed by atoms with Crippen LogP contribution >= 0.6 is 0 Å². The van der Waals surface area contributed by atoms with E-state index in [2.05, 4.69) is 10.4 Å². The second kappa shape index (κ2) is 6.61. The number of para-hydroxylation sites is 2. The number of aromatic nitrogens is 3. The first kappa shape index (κ1) is 17.7. The van der Waals surface area contributed by atoms with E-state index in [0.717, 1.165) is 24.1 Å². The summed E-state index contributed by atoms with van der Waals surface area (Å²) in [4.78, 5) is 39.0.